The van der Waals surface area contributed by atoms with E-state index in [0.717, 1.165) is 49.6 Å². The smallest absolute Gasteiger partial charge is 0.408 e. The van der Waals surface area contributed by atoms with Gasteiger partial charge in [0, 0.05) is 18.4 Å². The Morgan fingerprint density at radius 3 is 2.63 bits per heavy atom. The predicted molar refractivity (Wildman–Crippen MR) is 203 cm³/mol. The first-order valence-electron chi connectivity index (χ1n) is 19.1. The van der Waals surface area contributed by atoms with E-state index in [4.69, 9.17) is 29.2 Å². The van der Waals surface area contributed by atoms with E-state index in [0.29, 0.717) is 48.0 Å². The van der Waals surface area contributed by atoms with Crippen LogP contribution >= 0.6 is 11.3 Å². The Labute approximate surface area is 318 Å². The van der Waals surface area contributed by atoms with Gasteiger partial charge in [-0.3, -0.25) is 9.59 Å². The van der Waals surface area contributed by atoms with Gasteiger partial charge in [-0.2, -0.15) is 4.98 Å². The summed E-state index contributed by atoms with van der Waals surface area (Å²) in [4.78, 5) is 70.8. The average molecular weight is 760 g/mol. The number of ether oxygens (including phenoxy) is 3. The molecule has 3 N–H and O–H groups in total. The largest absolute Gasteiger partial charge is 0.471 e. The van der Waals surface area contributed by atoms with Crippen LogP contribution in [0.5, 0.6) is 5.88 Å². The highest BCUT2D eigenvalue weighted by Crippen LogP contribution is 2.46. The molecule has 7 rings (SSSR count). The normalized spacial score (nSPS) is 26.3. The molecule has 2 saturated carbocycles. The van der Waals surface area contributed by atoms with E-state index in [2.05, 4.69) is 16.0 Å². The van der Waals surface area contributed by atoms with Crippen molar-refractivity contribution in [1.82, 2.24) is 30.5 Å². The molecule has 5 heterocycles. The number of rotatable bonds is 8. The van der Waals surface area contributed by atoms with E-state index in [-0.39, 0.29) is 31.0 Å². The third-order valence-corrected chi connectivity index (χ3v) is 11.5. The molecule has 14 nitrogen and oxygen atoms in total. The molecule has 0 radical (unpaired) electrons. The Morgan fingerprint density at radius 1 is 1.02 bits per heavy atom. The SMILES string of the molecule is COC(=O)[C@@]12C[C@H]1C=CCCCCC[C@H](NC(=O)OC1CCCC1)C(=O)N1C[C@H](Oc3nc(-c4cccc(NC(C)C)n4)nc4ccsc34)C[C@H]1C(=O)N2. The summed E-state index contributed by atoms with van der Waals surface area (Å²) in [5.74, 6) is -0.238. The highest BCUT2D eigenvalue weighted by molar-refractivity contribution is 7.17. The van der Waals surface area contributed by atoms with Crippen molar-refractivity contribution in [3.8, 4) is 17.4 Å². The number of allylic oxidation sites excluding steroid dienone is 1. The molecule has 0 aromatic carbocycles. The number of nitrogens with one attached hydrogen (secondary N) is 3. The number of nitrogens with zero attached hydrogens (tertiary/aromatic N) is 4. The van der Waals surface area contributed by atoms with Crippen molar-refractivity contribution in [2.45, 2.75) is 120 Å². The van der Waals surface area contributed by atoms with Crippen molar-refractivity contribution >= 4 is 51.2 Å². The molecule has 54 heavy (non-hydrogen) atoms. The molecular weight excluding hydrogens is 711 g/mol. The van der Waals surface area contributed by atoms with E-state index < -0.39 is 47.6 Å². The van der Waals surface area contributed by atoms with Crippen LogP contribution in [0.25, 0.3) is 21.7 Å². The zero-order chi connectivity index (χ0) is 37.8. The summed E-state index contributed by atoms with van der Waals surface area (Å²) in [6.07, 6.45) is 10.3. The summed E-state index contributed by atoms with van der Waals surface area (Å²) in [5, 5.41) is 11.0. The van der Waals surface area contributed by atoms with Gasteiger partial charge in [-0.1, -0.05) is 31.1 Å². The minimum Gasteiger partial charge on any atom is -0.471 e. The highest BCUT2D eigenvalue weighted by atomic mass is 32.1. The maximum atomic E-state index is 14.5. The van der Waals surface area contributed by atoms with E-state index in [1.165, 1.54) is 23.3 Å². The van der Waals surface area contributed by atoms with Crippen molar-refractivity contribution in [1.29, 1.82) is 0 Å². The Kier molecular flexibility index (Phi) is 11.3. The predicted octanol–water partition coefficient (Wildman–Crippen LogP) is 5.53. The van der Waals surface area contributed by atoms with E-state index in [1.807, 2.05) is 55.6 Å². The molecule has 0 spiro atoms. The molecule has 3 fully saturated rings. The van der Waals surface area contributed by atoms with Crippen LogP contribution in [0.3, 0.4) is 0 Å². The second-order valence-corrected chi connectivity index (χ2v) is 15.9. The molecular formula is C39H49N7O7S. The van der Waals surface area contributed by atoms with Crippen LogP contribution in [0.4, 0.5) is 10.6 Å². The van der Waals surface area contributed by atoms with E-state index >= 15 is 0 Å². The van der Waals surface area contributed by atoms with Crippen molar-refractivity contribution in [2.75, 3.05) is 19.0 Å². The fraction of sp³-hybridized carbons (Fsp3) is 0.564. The quantitative estimate of drug-likeness (QED) is 0.195. The Hall–Kier alpha value is -4.79. The van der Waals surface area contributed by atoms with Gasteiger partial charge >= 0.3 is 12.1 Å². The van der Waals surface area contributed by atoms with Gasteiger partial charge in [-0.25, -0.2) is 19.6 Å². The number of hydrogen-bond donors (Lipinski definition) is 3. The summed E-state index contributed by atoms with van der Waals surface area (Å²) < 4.78 is 18.2. The standard InChI is InChI=1S/C39H49N7O7S/c1-23(2)40-31-17-11-16-28(41-31)33-42-27-18-19-54-32(27)35(44-33)52-26-20-30-34(47)45-39(37(49)51-3)21-24(39)12-7-5-4-6-8-15-29(36(48)46(30)22-26)43-38(50)53-25-13-9-10-14-25/h7,11-12,16-19,23-26,29-30H,4-6,8-10,13-15,20-22H2,1-3H3,(H,40,41)(H,43,50)(H,45,47)/t24-,26-,29+,30+,39-/m1/s1. The van der Waals surface area contributed by atoms with Crippen LogP contribution in [-0.4, -0.2) is 93.3 Å². The molecule has 1 saturated heterocycles. The molecule has 5 atom stereocenters. The molecule has 4 aliphatic rings. The van der Waals surface area contributed by atoms with E-state index in [1.54, 1.807) is 0 Å². The van der Waals surface area contributed by atoms with Crippen LogP contribution in [-0.2, 0) is 23.9 Å². The van der Waals surface area contributed by atoms with Gasteiger partial charge in [-0.05, 0) is 88.8 Å². The third-order valence-electron chi connectivity index (χ3n) is 10.6. The molecule has 3 amide bonds. The highest BCUT2D eigenvalue weighted by Gasteiger charge is 2.62. The first-order chi connectivity index (χ1) is 26.1. The number of thiophene rings is 1. The van der Waals surface area contributed by atoms with Crippen LogP contribution in [0.15, 0.2) is 41.8 Å². The molecule has 3 aromatic rings. The first-order valence-corrected chi connectivity index (χ1v) is 20.0. The number of amides is 3. The van der Waals surface area contributed by atoms with Gasteiger partial charge in [0.15, 0.2) is 5.82 Å². The van der Waals surface area contributed by atoms with Gasteiger partial charge < -0.3 is 35.1 Å². The molecule has 3 aromatic heterocycles. The zero-order valence-corrected chi connectivity index (χ0v) is 31.9. The summed E-state index contributed by atoms with van der Waals surface area (Å²) in [7, 11) is 1.31. The van der Waals surface area contributed by atoms with Gasteiger partial charge in [0.1, 0.15) is 46.0 Å². The monoisotopic (exact) mass is 759 g/mol. The van der Waals surface area contributed by atoms with Crippen LogP contribution < -0.4 is 20.7 Å². The van der Waals surface area contributed by atoms with E-state index in [9.17, 15) is 19.2 Å². The number of alkyl carbamates (subject to hydrolysis) is 1. The Bertz CT molecular complexity index is 1900. The summed E-state index contributed by atoms with van der Waals surface area (Å²) in [5.41, 5.74) is 0.0330. The molecule has 0 unspecified atom stereocenters. The molecule has 2 aliphatic heterocycles. The number of carbonyl (C=O) groups excluding carboxylic acids is 4. The topological polar surface area (TPSA) is 174 Å². The lowest BCUT2D eigenvalue weighted by atomic mass is 10.0. The number of esters is 1. The number of pyridine rings is 1. The lowest BCUT2D eigenvalue weighted by Gasteiger charge is -2.29. The Morgan fingerprint density at radius 2 is 1.83 bits per heavy atom. The Balaban J connectivity index is 1.18. The number of carbonyl (C=O) groups is 4. The second kappa shape index (κ2) is 16.3. The van der Waals surface area contributed by atoms with Gasteiger partial charge in [0.2, 0.25) is 17.7 Å². The summed E-state index contributed by atoms with van der Waals surface area (Å²) in [6.45, 7) is 4.12. The third kappa shape index (κ3) is 8.30. The fourth-order valence-electron chi connectivity index (χ4n) is 7.77. The number of fused-ring (bicyclic) bond motifs is 3. The maximum absolute atomic E-state index is 14.5. The number of hydrogen-bond acceptors (Lipinski definition) is 12. The van der Waals surface area contributed by atoms with Gasteiger partial charge in [0.05, 0.1) is 19.2 Å². The fourth-order valence-corrected chi connectivity index (χ4v) is 8.54. The van der Waals surface area contributed by atoms with Crippen molar-refractivity contribution < 1.29 is 33.4 Å². The average Bonchev–Trinajstić information content (AvgIpc) is 3.60. The van der Waals surface area contributed by atoms with Crippen molar-refractivity contribution in [3.63, 3.8) is 0 Å². The lowest BCUT2D eigenvalue weighted by Crippen LogP contribution is -2.56. The van der Waals surface area contributed by atoms with Gasteiger partial charge in [-0.15, -0.1) is 11.3 Å². The zero-order valence-electron chi connectivity index (χ0n) is 31.0. The molecule has 15 heteroatoms. The maximum Gasteiger partial charge on any atom is 0.408 e. The molecule has 2 aliphatic carbocycles. The summed E-state index contributed by atoms with van der Waals surface area (Å²) in [6, 6.07) is 5.76. The van der Waals surface area contributed by atoms with Gasteiger partial charge in [0.25, 0.3) is 0 Å². The van der Waals surface area contributed by atoms with Crippen LogP contribution in [0, 0.1) is 5.92 Å². The van der Waals surface area contributed by atoms with Crippen molar-refractivity contribution in [2.24, 2.45) is 5.92 Å². The number of methoxy groups -OCH3 is 1. The molecule has 0 bridgehead atoms. The van der Waals surface area contributed by atoms with Crippen molar-refractivity contribution in [3.05, 3.63) is 41.8 Å². The van der Waals surface area contributed by atoms with Crippen LogP contribution in [0.2, 0.25) is 0 Å². The first kappa shape index (κ1) is 37.5. The molecule has 288 valence electrons. The lowest BCUT2D eigenvalue weighted by molar-refractivity contribution is -0.148. The number of aromatic nitrogens is 3. The minimum absolute atomic E-state index is 0.0551. The minimum atomic E-state index is -1.21. The number of anilines is 1. The second-order valence-electron chi connectivity index (χ2n) is 15.0. The van der Waals surface area contributed by atoms with Crippen LogP contribution in [0.1, 0.15) is 84.5 Å². The summed E-state index contributed by atoms with van der Waals surface area (Å²) >= 11 is 1.43.